The van der Waals surface area contributed by atoms with Crippen molar-refractivity contribution in [1.82, 2.24) is 0 Å². The van der Waals surface area contributed by atoms with Gasteiger partial charge in [0.1, 0.15) is 0 Å². The van der Waals surface area contributed by atoms with Crippen LogP contribution in [0, 0.1) is 5.92 Å². The Balaban J connectivity index is 3.24. The molecule has 0 amide bonds. The molecule has 45 heavy (non-hydrogen) atoms. The second-order valence-electron chi connectivity index (χ2n) is 15.5. The van der Waals surface area contributed by atoms with Crippen molar-refractivity contribution < 1.29 is 5.11 Å². The fraction of sp³-hybridized carbons (Fsp3) is 1.00. The van der Waals surface area contributed by atoms with E-state index in [0.29, 0.717) is 5.92 Å². The molecule has 0 aliphatic rings. The lowest BCUT2D eigenvalue weighted by Gasteiger charge is -2.18. The van der Waals surface area contributed by atoms with Gasteiger partial charge in [-0.05, 0) is 18.8 Å². The topological polar surface area (TPSA) is 20.2 Å². The Hall–Kier alpha value is -0.0400. The summed E-state index contributed by atoms with van der Waals surface area (Å²) in [6.45, 7) is 6.89. The Bertz CT molecular complexity index is 501. The molecule has 272 valence electrons. The molecule has 0 aromatic heterocycles. The Morgan fingerprint density at radius 2 is 0.444 bits per heavy atom. The van der Waals surface area contributed by atoms with Crippen LogP contribution in [0.1, 0.15) is 271 Å². The van der Waals surface area contributed by atoms with Gasteiger partial charge >= 0.3 is 0 Å². The standard InChI is InChI=1S/C44H90O/c1-4-6-8-10-12-14-16-18-20-22-23-24-25-26-28-30-32-34-36-38-40-42-44(45)43(3)41-39-37-35-33-31-29-27-21-19-17-15-13-11-9-7-5-2/h43-45H,4-42H2,1-3H3. The van der Waals surface area contributed by atoms with E-state index in [0.717, 1.165) is 6.42 Å². The second-order valence-corrected chi connectivity index (χ2v) is 15.5. The summed E-state index contributed by atoms with van der Waals surface area (Å²) in [7, 11) is 0. The van der Waals surface area contributed by atoms with Crippen LogP contribution in [-0.4, -0.2) is 11.2 Å². The van der Waals surface area contributed by atoms with Gasteiger partial charge in [0.15, 0.2) is 0 Å². The largest absolute Gasteiger partial charge is 0.393 e. The minimum atomic E-state index is -0.0679. The molecule has 2 unspecified atom stereocenters. The van der Waals surface area contributed by atoms with Crippen LogP contribution in [0.5, 0.6) is 0 Å². The molecule has 0 bridgehead atoms. The average Bonchev–Trinajstić information content (AvgIpc) is 3.05. The zero-order valence-corrected chi connectivity index (χ0v) is 32.2. The minimum Gasteiger partial charge on any atom is -0.393 e. The summed E-state index contributed by atoms with van der Waals surface area (Å²) >= 11 is 0. The van der Waals surface area contributed by atoms with Gasteiger partial charge in [-0.3, -0.25) is 0 Å². The van der Waals surface area contributed by atoms with Crippen molar-refractivity contribution >= 4 is 0 Å². The van der Waals surface area contributed by atoms with Crippen LogP contribution in [0.15, 0.2) is 0 Å². The van der Waals surface area contributed by atoms with Crippen molar-refractivity contribution in [3.05, 3.63) is 0 Å². The van der Waals surface area contributed by atoms with E-state index in [1.165, 1.54) is 244 Å². The maximum atomic E-state index is 10.6. The van der Waals surface area contributed by atoms with E-state index in [2.05, 4.69) is 20.8 Å². The average molecular weight is 635 g/mol. The van der Waals surface area contributed by atoms with Crippen molar-refractivity contribution in [2.24, 2.45) is 5.92 Å². The molecule has 0 spiro atoms. The summed E-state index contributed by atoms with van der Waals surface area (Å²) in [4.78, 5) is 0. The van der Waals surface area contributed by atoms with Gasteiger partial charge in [0.05, 0.1) is 6.10 Å². The van der Waals surface area contributed by atoms with E-state index in [9.17, 15) is 5.11 Å². The van der Waals surface area contributed by atoms with Gasteiger partial charge in [0.2, 0.25) is 0 Å². The van der Waals surface area contributed by atoms with Crippen LogP contribution >= 0.6 is 0 Å². The highest BCUT2D eigenvalue weighted by Gasteiger charge is 2.13. The molecule has 0 fully saturated rings. The normalized spacial score (nSPS) is 13.1. The molecule has 0 heterocycles. The summed E-state index contributed by atoms with van der Waals surface area (Å²) < 4.78 is 0. The third-order valence-electron chi connectivity index (χ3n) is 10.8. The Labute approximate surface area is 287 Å². The van der Waals surface area contributed by atoms with Gasteiger partial charge in [-0.1, -0.05) is 258 Å². The molecule has 0 saturated carbocycles. The van der Waals surface area contributed by atoms with Crippen LogP contribution in [0.3, 0.4) is 0 Å². The third kappa shape index (κ3) is 38.3. The first-order valence-corrected chi connectivity index (χ1v) is 21.9. The number of rotatable bonds is 40. The summed E-state index contributed by atoms with van der Waals surface area (Å²) in [5, 5.41) is 10.6. The van der Waals surface area contributed by atoms with E-state index in [1.807, 2.05) is 0 Å². The van der Waals surface area contributed by atoms with Crippen molar-refractivity contribution in [3.63, 3.8) is 0 Å². The van der Waals surface area contributed by atoms with E-state index in [4.69, 9.17) is 0 Å². The van der Waals surface area contributed by atoms with Gasteiger partial charge < -0.3 is 5.11 Å². The van der Waals surface area contributed by atoms with Gasteiger partial charge in [0.25, 0.3) is 0 Å². The molecule has 0 aromatic rings. The fourth-order valence-corrected chi connectivity index (χ4v) is 7.28. The fourth-order valence-electron chi connectivity index (χ4n) is 7.28. The highest BCUT2D eigenvalue weighted by molar-refractivity contribution is 4.65. The lowest BCUT2D eigenvalue weighted by atomic mass is 9.93. The van der Waals surface area contributed by atoms with Gasteiger partial charge in [0, 0.05) is 0 Å². The monoisotopic (exact) mass is 635 g/mol. The Morgan fingerprint density at radius 3 is 0.667 bits per heavy atom. The molecule has 0 saturated heterocycles. The quantitative estimate of drug-likeness (QED) is 0.0665. The predicted molar refractivity (Wildman–Crippen MR) is 207 cm³/mol. The maximum Gasteiger partial charge on any atom is 0.0565 e. The Kier molecular flexibility index (Phi) is 40.1. The van der Waals surface area contributed by atoms with Gasteiger partial charge in [-0.2, -0.15) is 0 Å². The van der Waals surface area contributed by atoms with Crippen LogP contribution in [0.2, 0.25) is 0 Å². The van der Waals surface area contributed by atoms with Crippen molar-refractivity contribution in [1.29, 1.82) is 0 Å². The SMILES string of the molecule is CCCCCCCCCCCCCCCCCCCCCCCC(O)C(C)CCCCCCCCCCCCCCCCCC. The van der Waals surface area contributed by atoms with Crippen LogP contribution in [0.4, 0.5) is 0 Å². The number of hydrogen-bond donors (Lipinski definition) is 1. The maximum absolute atomic E-state index is 10.6. The Morgan fingerprint density at radius 1 is 0.267 bits per heavy atom. The molecule has 1 N–H and O–H groups in total. The van der Waals surface area contributed by atoms with E-state index in [-0.39, 0.29) is 6.10 Å². The molecule has 0 aliphatic carbocycles. The first-order chi connectivity index (χ1) is 22.2. The van der Waals surface area contributed by atoms with Crippen LogP contribution in [0.25, 0.3) is 0 Å². The zero-order valence-electron chi connectivity index (χ0n) is 32.2. The lowest BCUT2D eigenvalue weighted by molar-refractivity contribution is 0.0985. The van der Waals surface area contributed by atoms with E-state index >= 15 is 0 Å². The lowest BCUT2D eigenvalue weighted by Crippen LogP contribution is -2.17. The summed E-state index contributed by atoms with van der Waals surface area (Å²) in [6.07, 6.45) is 55.2. The highest BCUT2D eigenvalue weighted by Crippen LogP contribution is 2.21. The first kappa shape index (κ1) is 45.0. The van der Waals surface area contributed by atoms with Crippen molar-refractivity contribution in [3.8, 4) is 0 Å². The molecule has 0 aliphatic heterocycles. The number of aliphatic hydroxyl groups excluding tert-OH is 1. The first-order valence-electron chi connectivity index (χ1n) is 21.9. The van der Waals surface area contributed by atoms with Gasteiger partial charge in [-0.25, -0.2) is 0 Å². The van der Waals surface area contributed by atoms with E-state index in [1.54, 1.807) is 0 Å². The molecule has 0 radical (unpaired) electrons. The molecular formula is C44H90O. The molecule has 1 nitrogen and oxygen atoms in total. The second kappa shape index (κ2) is 40.1. The predicted octanol–water partition coefficient (Wildman–Crippen LogP) is 16.2. The molecule has 0 aromatic carbocycles. The smallest absolute Gasteiger partial charge is 0.0565 e. The minimum absolute atomic E-state index is 0.0679. The van der Waals surface area contributed by atoms with Crippen molar-refractivity contribution in [2.75, 3.05) is 0 Å². The number of unbranched alkanes of at least 4 members (excludes halogenated alkanes) is 35. The summed E-state index contributed by atoms with van der Waals surface area (Å²) in [5.74, 6) is 0.488. The number of aliphatic hydroxyl groups is 1. The van der Waals surface area contributed by atoms with Crippen LogP contribution in [-0.2, 0) is 0 Å². The molecule has 2 atom stereocenters. The zero-order chi connectivity index (χ0) is 32.7. The van der Waals surface area contributed by atoms with Crippen molar-refractivity contribution in [2.45, 2.75) is 277 Å². The summed E-state index contributed by atoms with van der Waals surface area (Å²) in [5.41, 5.74) is 0. The highest BCUT2D eigenvalue weighted by atomic mass is 16.3. The van der Waals surface area contributed by atoms with Gasteiger partial charge in [-0.15, -0.1) is 0 Å². The van der Waals surface area contributed by atoms with Crippen LogP contribution < -0.4 is 0 Å². The molecular weight excluding hydrogens is 544 g/mol. The molecule has 0 rings (SSSR count). The number of hydrogen-bond acceptors (Lipinski definition) is 1. The summed E-state index contributed by atoms with van der Waals surface area (Å²) in [6, 6.07) is 0. The third-order valence-corrected chi connectivity index (χ3v) is 10.8. The molecule has 1 heteroatoms. The van der Waals surface area contributed by atoms with E-state index < -0.39 is 0 Å².